The molecular weight excluding hydrogens is 276 g/mol. The van der Waals surface area contributed by atoms with Crippen LogP contribution in [0.4, 0.5) is 0 Å². The second kappa shape index (κ2) is 5.38. The highest BCUT2D eigenvalue weighted by molar-refractivity contribution is 6.31. The molecular formula is C15H15ClN2O2. The molecule has 1 fully saturated rings. The third-order valence-electron chi connectivity index (χ3n) is 3.55. The van der Waals surface area contributed by atoms with Crippen molar-refractivity contribution in [2.24, 2.45) is 0 Å². The molecule has 1 unspecified atom stereocenters. The summed E-state index contributed by atoms with van der Waals surface area (Å²) < 4.78 is 7.30. The van der Waals surface area contributed by atoms with E-state index in [4.69, 9.17) is 16.3 Å². The van der Waals surface area contributed by atoms with Crippen molar-refractivity contribution in [2.75, 3.05) is 6.61 Å². The van der Waals surface area contributed by atoms with E-state index in [0.717, 1.165) is 37.0 Å². The highest BCUT2D eigenvalue weighted by Gasteiger charge is 2.24. The highest BCUT2D eigenvalue weighted by Crippen LogP contribution is 2.30. The number of benzene rings is 1. The Hall–Kier alpha value is -1.65. The second-order valence-electron chi connectivity index (χ2n) is 4.97. The Labute approximate surface area is 122 Å². The van der Waals surface area contributed by atoms with Crippen LogP contribution in [-0.4, -0.2) is 22.7 Å². The molecule has 20 heavy (non-hydrogen) atoms. The summed E-state index contributed by atoms with van der Waals surface area (Å²) in [5, 5.41) is 5.19. The lowest BCUT2D eigenvalue weighted by atomic mass is 10.1. The fourth-order valence-corrected chi connectivity index (χ4v) is 2.57. The minimum atomic E-state index is -0.0719. The highest BCUT2D eigenvalue weighted by atomic mass is 35.5. The van der Waals surface area contributed by atoms with Gasteiger partial charge in [-0.2, -0.15) is 5.10 Å². The van der Waals surface area contributed by atoms with Crippen molar-refractivity contribution in [3.05, 3.63) is 46.2 Å². The van der Waals surface area contributed by atoms with Gasteiger partial charge in [0, 0.05) is 17.8 Å². The Kier molecular flexibility index (Phi) is 3.59. The molecule has 0 bridgehead atoms. The second-order valence-corrected chi connectivity index (χ2v) is 5.37. The van der Waals surface area contributed by atoms with E-state index >= 15 is 0 Å². The van der Waals surface area contributed by atoms with Gasteiger partial charge >= 0.3 is 0 Å². The third-order valence-corrected chi connectivity index (χ3v) is 3.96. The Balaban J connectivity index is 2.01. The van der Waals surface area contributed by atoms with Crippen LogP contribution in [0.1, 0.15) is 40.6 Å². The zero-order valence-corrected chi connectivity index (χ0v) is 11.9. The summed E-state index contributed by atoms with van der Waals surface area (Å²) in [5.41, 5.74) is 3.15. The number of ether oxygens (including phenoxy) is 1. The van der Waals surface area contributed by atoms with E-state index in [0.29, 0.717) is 16.3 Å². The zero-order valence-electron chi connectivity index (χ0n) is 11.2. The fraction of sp³-hybridized carbons (Fsp3) is 0.333. The molecule has 0 amide bonds. The van der Waals surface area contributed by atoms with Crippen LogP contribution in [0.25, 0.3) is 5.69 Å². The molecule has 3 rings (SSSR count). The Morgan fingerprint density at radius 2 is 2.35 bits per heavy atom. The molecule has 2 aromatic rings. The number of carbonyl (C=O) groups excluding carboxylic acids is 1. The smallest absolute Gasteiger partial charge is 0.153 e. The number of hydrogen-bond donors (Lipinski definition) is 0. The largest absolute Gasteiger partial charge is 0.372 e. The van der Waals surface area contributed by atoms with Crippen molar-refractivity contribution in [3.63, 3.8) is 0 Å². The van der Waals surface area contributed by atoms with Crippen molar-refractivity contribution in [3.8, 4) is 5.69 Å². The van der Waals surface area contributed by atoms with E-state index < -0.39 is 0 Å². The van der Waals surface area contributed by atoms with E-state index in [1.54, 1.807) is 10.9 Å². The van der Waals surface area contributed by atoms with Crippen molar-refractivity contribution in [1.29, 1.82) is 0 Å². The van der Waals surface area contributed by atoms with Crippen LogP contribution >= 0.6 is 11.6 Å². The Morgan fingerprint density at radius 3 is 3.00 bits per heavy atom. The van der Waals surface area contributed by atoms with Crippen LogP contribution in [0.5, 0.6) is 0 Å². The molecule has 4 nitrogen and oxygen atoms in total. The Morgan fingerprint density at radius 1 is 1.50 bits per heavy atom. The van der Waals surface area contributed by atoms with Crippen LogP contribution in [0, 0.1) is 6.92 Å². The van der Waals surface area contributed by atoms with Crippen molar-refractivity contribution < 1.29 is 9.53 Å². The van der Waals surface area contributed by atoms with Gasteiger partial charge in [0.05, 0.1) is 11.3 Å². The quantitative estimate of drug-likeness (QED) is 0.813. The van der Waals surface area contributed by atoms with Gasteiger partial charge in [-0.05, 0) is 37.5 Å². The number of rotatable bonds is 3. The van der Waals surface area contributed by atoms with Gasteiger partial charge in [0.25, 0.3) is 0 Å². The summed E-state index contributed by atoms with van der Waals surface area (Å²) >= 11 is 6.14. The summed E-state index contributed by atoms with van der Waals surface area (Å²) in [6.45, 7) is 2.68. The van der Waals surface area contributed by atoms with E-state index in [9.17, 15) is 4.79 Å². The monoisotopic (exact) mass is 290 g/mol. The summed E-state index contributed by atoms with van der Waals surface area (Å²) in [6, 6.07) is 5.71. The Bertz CT molecular complexity index is 645. The minimum Gasteiger partial charge on any atom is -0.372 e. The van der Waals surface area contributed by atoms with Gasteiger partial charge in [0.1, 0.15) is 11.8 Å². The molecule has 1 aromatic carbocycles. The van der Waals surface area contributed by atoms with E-state index in [1.807, 2.05) is 25.1 Å². The molecule has 0 aliphatic carbocycles. The molecule has 0 N–H and O–H groups in total. The molecule has 1 saturated heterocycles. The van der Waals surface area contributed by atoms with Gasteiger partial charge in [0.15, 0.2) is 6.29 Å². The number of aldehydes is 1. The molecule has 1 aromatic heterocycles. The maximum Gasteiger partial charge on any atom is 0.153 e. The van der Waals surface area contributed by atoms with Crippen LogP contribution in [-0.2, 0) is 4.74 Å². The maximum absolute atomic E-state index is 11.2. The predicted octanol–water partition coefficient (Wildman–Crippen LogP) is 3.50. The van der Waals surface area contributed by atoms with Crippen LogP contribution in [0.3, 0.4) is 0 Å². The van der Waals surface area contributed by atoms with Crippen LogP contribution in [0.2, 0.25) is 5.02 Å². The average Bonchev–Trinajstić information content (AvgIpc) is 3.09. The first-order valence-corrected chi connectivity index (χ1v) is 6.99. The van der Waals surface area contributed by atoms with Gasteiger partial charge < -0.3 is 4.74 Å². The lowest BCUT2D eigenvalue weighted by molar-refractivity contribution is 0.104. The molecule has 1 aliphatic rings. The number of aromatic nitrogens is 2. The van der Waals surface area contributed by atoms with Gasteiger partial charge in [-0.3, -0.25) is 4.79 Å². The van der Waals surface area contributed by atoms with Crippen molar-refractivity contribution in [1.82, 2.24) is 9.78 Å². The lowest BCUT2D eigenvalue weighted by Gasteiger charge is -2.06. The molecule has 1 atom stereocenters. The molecule has 0 radical (unpaired) electrons. The first-order valence-electron chi connectivity index (χ1n) is 6.62. The third kappa shape index (κ3) is 2.37. The normalized spacial score (nSPS) is 18.4. The SMILES string of the molecule is Cc1ccc(-n2cc(C=O)c(C3CCCO3)n2)cc1Cl. The van der Waals surface area contributed by atoms with Gasteiger partial charge in [-0.15, -0.1) is 0 Å². The molecule has 0 spiro atoms. The summed E-state index contributed by atoms with van der Waals surface area (Å²) in [5.74, 6) is 0. The summed E-state index contributed by atoms with van der Waals surface area (Å²) in [4.78, 5) is 11.2. The first-order chi connectivity index (χ1) is 9.69. The number of hydrogen-bond acceptors (Lipinski definition) is 3. The van der Waals surface area contributed by atoms with Gasteiger partial charge in [-0.1, -0.05) is 17.7 Å². The minimum absolute atomic E-state index is 0.0719. The number of nitrogens with zero attached hydrogens (tertiary/aromatic N) is 2. The molecule has 5 heteroatoms. The standard InChI is InChI=1S/C15H15ClN2O2/c1-10-4-5-12(7-13(10)16)18-8-11(9-19)15(17-18)14-3-2-6-20-14/h4-5,7-9,14H,2-3,6H2,1H3. The van der Waals surface area contributed by atoms with E-state index in [-0.39, 0.29) is 6.10 Å². The van der Waals surface area contributed by atoms with Crippen LogP contribution < -0.4 is 0 Å². The topological polar surface area (TPSA) is 44.1 Å². The number of halogens is 1. The lowest BCUT2D eigenvalue weighted by Crippen LogP contribution is -2.02. The predicted molar refractivity (Wildman–Crippen MR) is 76.6 cm³/mol. The van der Waals surface area contributed by atoms with Crippen LogP contribution in [0.15, 0.2) is 24.4 Å². The number of carbonyl (C=O) groups is 1. The van der Waals surface area contributed by atoms with Crippen molar-refractivity contribution >= 4 is 17.9 Å². The summed E-state index contributed by atoms with van der Waals surface area (Å²) in [7, 11) is 0. The maximum atomic E-state index is 11.2. The first kappa shape index (κ1) is 13.3. The average molecular weight is 291 g/mol. The van der Waals surface area contributed by atoms with Gasteiger partial charge in [0.2, 0.25) is 0 Å². The molecule has 0 saturated carbocycles. The molecule has 104 valence electrons. The fourth-order valence-electron chi connectivity index (χ4n) is 2.39. The van der Waals surface area contributed by atoms with Gasteiger partial charge in [-0.25, -0.2) is 4.68 Å². The van der Waals surface area contributed by atoms with E-state index in [1.165, 1.54) is 0 Å². The number of aryl methyl sites for hydroxylation is 1. The molecule has 1 aliphatic heterocycles. The zero-order chi connectivity index (χ0) is 14.1. The molecule has 2 heterocycles. The van der Waals surface area contributed by atoms with Crippen molar-refractivity contribution in [2.45, 2.75) is 25.9 Å². The van der Waals surface area contributed by atoms with E-state index in [2.05, 4.69) is 5.10 Å². The summed E-state index contributed by atoms with van der Waals surface area (Å²) in [6.07, 6.45) is 4.40.